The maximum Gasteiger partial charge on any atom is 0.0482 e. The van der Waals surface area contributed by atoms with Crippen molar-refractivity contribution in [2.75, 3.05) is 0 Å². The van der Waals surface area contributed by atoms with Gasteiger partial charge in [-0.25, -0.2) is 0 Å². The van der Waals surface area contributed by atoms with Crippen LogP contribution in [-0.2, 0) is 0 Å². The Morgan fingerprint density at radius 1 is 0.737 bits per heavy atom. The molecule has 4 aromatic rings. The number of hydrogen-bond donors (Lipinski definition) is 1. The van der Waals surface area contributed by atoms with Crippen LogP contribution in [0.3, 0.4) is 0 Å². The first-order valence-corrected chi connectivity index (χ1v) is 7.61. The van der Waals surface area contributed by atoms with Crippen molar-refractivity contribution < 1.29 is 0 Å². The number of aromatic nitrogens is 1. The molecule has 1 nitrogen and oxygen atoms in total. The summed E-state index contributed by atoms with van der Waals surface area (Å²) in [5.41, 5.74) is 2.33. The molecule has 3 heteroatoms. The number of halogens is 2. The number of H-pyrrole nitrogens is 1. The summed E-state index contributed by atoms with van der Waals surface area (Å²) < 4.78 is 2.23. The first kappa shape index (κ1) is 11.5. The molecule has 0 radical (unpaired) electrons. The summed E-state index contributed by atoms with van der Waals surface area (Å²) in [7, 11) is 0. The first-order chi connectivity index (χ1) is 9.24. The van der Waals surface area contributed by atoms with E-state index in [1.165, 1.54) is 32.6 Å². The van der Waals surface area contributed by atoms with E-state index in [0.29, 0.717) is 0 Å². The van der Waals surface area contributed by atoms with Crippen molar-refractivity contribution in [2.24, 2.45) is 0 Å². The van der Waals surface area contributed by atoms with Gasteiger partial charge in [0.1, 0.15) is 0 Å². The van der Waals surface area contributed by atoms with Crippen molar-refractivity contribution in [3.8, 4) is 0 Å². The molecule has 0 amide bonds. The Morgan fingerprint density at radius 3 is 2.37 bits per heavy atom. The van der Waals surface area contributed by atoms with E-state index in [4.69, 9.17) is 0 Å². The number of hydrogen-bond acceptors (Lipinski definition) is 0. The minimum Gasteiger partial charge on any atom is -0.354 e. The van der Waals surface area contributed by atoms with Crippen LogP contribution in [0.1, 0.15) is 0 Å². The van der Waals surface area contributed by atoms with Gasteiger partial charge in [-0.3, -0.25) is 0 Å². The van der Waals surface area contributed by atoms with Crippen LogP contribution in [0, 0.1) is 0 Å². The third-order valence-electron chi connectivity index (χ3n) is 3.51. The minimum absolute atomic E-state index is 1.10. The second kappa shape index (κ2) is 4.09. The monoisotopic (exact) mass is 373 g/mol. The van der Waals surface area contributed by atoms with Crippen molar-refractivity contribution in [3.05, 3.63) is 57.5 Å². The molecule has 3 aromatic carbocycles. The zero-order valence-electron chi connectivity index (χ0n) is 9.87. The van der Waals surface area contributed by atoms with Gasteiger partial charge in [-0.05, 0) is 35.0 Å². The minimum atomic E-state index is 1.10. The smallest absolute Gasteiger partial charge is 0.0482 e. The number of aromatic amines is 1. The summed E-state index contributed by atoms with van der Waals surface area (Å²) in [5.74, 6) is 0. The lowest BCUT2D eigenvalue weighted by Crippen LogP contribution is -1.77. The Hall–Kier alpha value is -1.32. The third-order valence-corrected chi connectivity index (χ3v) is 4.66. The van der Waals surface area contributed by atoms with Crippen LogP contribution in [0.15, 0.2) is 57.5 Å². The molecule has 0 aliphatic carbocycles. The van der Waals surface area contributed by atoms with Crippen LogP contribution in [0.25, 0.3) is 32.6 Å². The summed E-state index contributed by atoms with van der Waals surface area (Å²) in [6.45, 7) is 0. The van der Waals surface area contributed by atoms with Crippen molar-refractivity contribution in [1.29, 1.82) is 0 Å². The maximum atomic E-state index is 3.66. The summed E-state index contributed by atoms with van der Waals surface area (Å²) in [5, 5.41) is 5.07. The first-order valence-electron chi connectivity index (χ1n) is 6.02. The van der Waals surface area contributed by atoms with Gasteiger partial charge in [0.2, 0.25) is 0 Å². The highest BCUT2D eigenvalue weighted by atomic mass is 79.9. The largest absolute Gasteiger partial charge is 0.354 e. The fourth-order valence-corrected chi connectivity index (χ4v) is 3.63. The molecule has 0 aliphatic heterocycles. The lowest BCUT2D eigenvalue weighted by Gasteiger charge is -2.03. The van der Waals surface area contributed by atoms with Gasteiger partial charge in [-0.15, -0.1) is 0 Å². The van der Waals surface area contributed by atoms with Gasteiger partial charge in [-0.1, -0.05) is 56.1 Å². The van der Waals surface area contributed by atoms with E-state index in [2.05, 4.69) is 85.4 Å². The molecular weight excluding hydrogens is 366 g/mol. The quantitative estimate of drug-likeness (QED) is 0.388. The molecule has 0 aliphatic rings. The fraction of sp³-hybridized carbons (Fsp3) is 0. The predicted octanol–water partition coefficient (Wildman–Crippen LogP) is 6.00. The van der Waals surface area contributed by atoms with E-state index in [-0.39, 0.29) is 0 Å². The Labute approximate surface area is 126 Å². The van der Waals surface area contributed by atoms with Crippen LogP contribution >= 0.6 is 31.9 Å². The molecule has 0 atom stereocenters. The van der Waals surface area contributed by atoms with Crippen molar-refractivity contribution >= 4 is 64.4 Å². The van der Waals surface area contributed by atoms with Crippen molar-refractivity contribution in [3.63, 3.8) is 0 Å². The van der Waals surface area contributed by atoms with E-state index < -0.39 is 0 Å². The van der Waals surface area contributed by atoms with E-state index in [9.17, 15) is 0 Å². The van der Waals surface area contributed by atoms with Crippen LogP contribution in [0.4, 0.5) is 0 Å². The standard InChI is InChI=1S/C16H9Br2N/c17-9-5-6-14-12(7-9)16-11-4-2-1-3-10(11)13(18)8-15(16)19-14/h1-8,19H. The summed E-state index contributed by atoms with van der Waals surface area (Å²) in [6, 6.07) is 17.0. The SMILES string of the molecule is Brc1ccc2[nH]c3cc(Br)c4ccccc4c3c2c1. The fourth-order valence-electron chi connectivity index (χ4n) is 2.70. The molecule has 19 heavy (non-hydrogen) atoms. The van der Waals surface area contributed by atoms with E-state index >= 15 is 0 Å². The molecule has 1 N–H and O–H groups in total. The molecule has 92 valence electrons. The second-order valence-electron chi connectivity index (χ2n) is 4.64. The highest BCUT2D eigenvalue weighted by molar-refractivity contribution is 9.11. The molecular formula is C16H9Br2N. The Balaban J connectivity index is 2.36. The van der Waals surface area contributed by atoms with E-state index in [0.717, 1.165) is 8.95 Å². The van der Waals surface area contributed by atoms with Gasteiger partial charge < -0.3 is 4.98 Å². The summed E-state index contributed by atoms with van der Waals surface area (Å²) in [6.07, 6.45) is 0. The van der Waals surface area contributed by atoms with Gasteiger partial charge in [0, 0.05) is 30.8 Å². The molecule has 4 rings (SSSR count). The highest BCUT2D eigenvalue weighted by Crippen LogP contribution is 2.37. The van der Waals surface area contributed by atoms with E-state index in [1.54, 1.807) is 0 Å². The van der Waals surface area contributed by atoms with Crippen molar-refractivity contribution in [2.45, 2.75) is 0 Å². The van der Waals surface area contributed by atoms with Gasteiger partial charge in [0.25, 0.3) is 0 Å². The lowest BCUT2D eigenvalue weighted by molar-refractivity contribution is 1.54. The lowest BCUT2D eigenvalue weighted by atomic mass is 10.0. The van der Waals surface area contributed by atoms with Crippen LogP contribution in [-0.4, -0.2) is 4.98 Å². The number of benzene rings is 3. The summed E-state index contributed by atoms with van der Waals surface area (Å²) in [4.78, 5) is 3.49. The number of rotatable bonds is 0. The van der Waals surface area contributed by atoms with Gasteiger partial charge in [0.05, 0.1) is 0 Å². The molecule has 1 heterocycles. The molecule has 0 fully saturated rings. The number of nitrogens with one attached hydrogen (secondary N) is 1. The zero-order chi connectivity index (χ0) is 13.0. The third kappa shape index (κ3) is 1.65. The average molecular weight is 375 g/mol. The Morgan fingerprint density at radius 2 is 1.53 bits per heavy atom. The molecule has 0 saturated carbocycles. The van der Waals surface area contributed by atoms with Gasteiger partial charge >= 0.3 is 0 Å². The zero-order valence-corrected chi connectivity index (χ0v) is 13.0. The normalized spacial score (nSPS) is 11.7. The van der Waals surface area contributed by atoms with Gasteiger partial charge in [-0.2, -0.15) is 0 Å². The molecule has 0 unspecified atom stereocenters. The van der Waals surface area contributed by atoms with E-state index in [1.807, 2.05) is 0 Å². The topological polar surface area (TPSA) is 15.8 Å². The van der Waals surface area contributed by atoms with Gasteiger partial charge in [0.15, 0.2) is 0 Å². The predicted molar refractivity (Wildman–Crippen MR) is 88.7 cm³/mol. The van der Waals surface area contributed by atoms with Crippen LogP contribution in [0.2, 0.25) is 0 Å². The Kier molecular flexibility index (Phi) is 2.47. The van der Waals surface area contributed by atoms with Crippen molar-refractivity contribution in [1.82, 2.24) is 4.98 Å². The second-order valence-corrected chi connectivity index (χ2v) is 6.41. The molecule has 1 aromatic heterocycles. The van der Waals surface area contributed by atoms with Crippen LogP contribution in [0.5, 0.6) is 0 Å². The average Bonchev–Trinajstić information content (AvgIpc) is 2.76. The summed E-state index contributed by atoms with van der Waals surface area (Å²) >= 11 is 7.22. The van der Waals surface area contributed by atoms with Crippen LogP contribution < -0.4 is 0 Å². The molecule has 0 spiro atoms. The molecule has 0 bridgehead atoms. The molecule has 0 saturated heterocycles. The maximum absolute atomic E-state index is 3.66. The highest BCUT2D eigenvalue weighted by Gasteiger charge is 2.10. The Bertz CT molecular complexity index is 938. The number of fused-ring (bicyclic) bond motifs is 5.